The molecule has 1 aliphatic carbocycles. The summed E-state index contributed by atoms with van der Waals surface area (Å²) < 4.78 is 0. The lowest BCUT2D eigenvalue weighted by molar-refractivity contribution is -0.0698. The van der Waals surface area contributed by atoms with Crippen molar-refractivity contribution < 1.29 is 5.11 Å². The normalized spacial score (nSPS) is 38.0. The highest BCUT2D eigenvalue weighted by atomic mass is 16.3. The molecule has 0 aromatic heterocycles. The number of nitrogens with one attached hydrogen (secondary N) is 1. The molecule has 0 bridgehead atoms. The Morgan fingerprint density at radius 3 is 2.61 bits per heavy atom. The SMILES string of the molecule is CN(C)CC1CCCCC1(O)CC1CCCCN1. The van der Waals surface area contributed by atoms with Gasteiger partial charge in [0.2, 0.25) is 0 Å². The first kappa shape index (κ1) is 14.3. The summed E-state index contributed by atoms with van der Waals surface area (Å²) >= 11 is 0. The number of rotatable bonds is 4. The third kappa shape index (κ3) is 3.69. The van der Waals surface area contributed by atoms with Crippen LogP contribution in [0.3, 0.4) is 0 Å². The van der Waals surface area contributed by atoms with Crippen molar-refractivity contribution in [1.29, 1.82) is 0 Å². The van der Waals surface area contributed by atoms with E-state index in [4.69, 9.17) is 0 Å². The topological polar surface area (TPSA) is 35.5 Å². The minimum atomic E-state index is -0.419. The van der Waals surface area contributed by atoms with Gasteiger partial charge in [0.25, 0.3) is 0 Å². The second-order valence-electron chi connectivity index (χ2n) is 6.66. The average molecular weight is 254 g/mol. The predicted octanol–water partition coefficient (Wildman–Crippen LogP) is 2.00. The maximum Gasteiger partial charge on any atom is 0.0702 e. The Labute approximate surface area is 112 Å². The van der Waals surface area contributed by atoms with Crippen LogP contribution in [0.1, 0.15) is 51.4 Å². The van der Waals surface area contributed by atoms with Crippen molar-refractivity contribution in [1.82, 2.24) is 10.2 Å². The third-order valence-corrected chi connectivity index (χ3v) is 4.77. The molecule has 0 spiro atoms. The summed E-state index contributed by atoms with van der Waals surface area (Å²) in [7, 11) is 4.24. The number of piperidine rings is 1. The second-order valence-corrected chi connectivity index (χ2v) is 6.66. The van der Waals surface area contributed by atoms with Gasteiger partial charge in [-0.2, -0.15) is 0 Å². The van der Waals surface area contributed by atoms with Gasteiger partial charge in [0, 0.05) is 18.5 Å². The van der Waals surface area contributed by atoms with Crippen molar-refractivity contribution in [2.24, 2.45) is 5.92 Å². The molecule has 1 aliphatic heterocycles. The lowest BCUT2D eigenvalue weighted by Gasteiger charge is -2.44. The molecular formula is C15H30N2O. The van der Waals surface area contributed by atoms with E-state index in [0.717, 1.165) is 25.9 Å². The summed E-state index contributed by atoms with van der Waals surface area (Å²) in [6.07, 6.45) is 9.53. The van der Waals surface area contributed by atoms with Gasteiger partial charge in [-0.1, -0.05) is 19.3 Å². The van der Waals surface area contributed by atoms with Crippen molar-refractivity contribution in [3.63, 3.8) is 0 Å². The summed E-state index contributed by atoms with van der Waals surface area (Å²) in [6.45, 7) is 2.17. The number of aliphatic hydroxyl groups is 1. The van der Waals surface area contributed by atoms with Gasteiger partial charge in [-0.15, -0.1) is 0 Å². The minimum absolute atomic E-state index is 0.419. The Morgan fingerprint density at radius 2 is 1.94 bits per heavy atom. The van der Waals surface area contributed by atoms with Gasteiger partial charge in [0.1, 0.15) is 0 Å². The molecule has 18 heavy (non-hydrogen) atoms. The monoisotopic (exact) mass is 254 g/mol. The fraction of sp³-hybridized carbons (Fsp3) is 1.00. The highest BCUT2D eigenvalue weighted by Crippen LogP contribution is 2.38. The Hall–Kier alpha value is -0.120. The molecule has 3 heteroatoms. The number of hydrogen-bond donors (Lipinski definition) is 2. The van der Waals surface area contributed by atoms with Crippen LogP contribution in [0, 0.1) is 5.92 Å². The Balaban J connectivity index is 1.95. The van der Waals surface area contributed by atoms with E-state index in [-0.39, 0.29) is 0 Å². The van der Waals surface area contributed by atoms with Gasteiger partial charge >= 0.3 is 0 Å². The van der Waals surface area contributed by atoms with Gasteiger partial charge in [-0.25, -0.2) is 0 Å². The lowest BCUT2D eigenvalue weighted by atomic mass is 9.71. The molecule has 3 nitrogen and oxygen atoms in total. The van der Waals surface area contributed by atoms with Gasteiger partial charge < -0.3 is 15.3 Å². The van der Waals surface area contributed by atoms with Crippen molar-refractivity contribution in [3.8, 4) is 0 Å². The molecule has 0 amide bonds. The van der Waals surface area contributed by atoms with Crippen LogP contribution in [0.4, 0.5) is 0 Å². The maximum absolute atomic E-state index is 11.1. The second kappa shape index (κ2) is 6.36. The summed E-state index contributed by atoms with van der Waals surface area (Å²) in [6, 6.07) is 0.548. The van der Waals surface area contributed by atoms with E-state index in [2.05, 4.69) is 24.3 Å². The Morgan fingerprint density at radius 1 is 1.17 bits per heavy atom. The summed E-state index contributed by atoms with van der Waals surface area (Å²) in [4.78, 5) is 2.23. The summed E-state index contributed by atoms with van der Waals surface area (Å²) in [5, 5.41) is 14.7. The van der Waals surface area contributed by atoms with Crippen LogP contribution in [0.5, 0.6) is 0 Å². The van der Waals surface area contributed by atoms with Crippen LogP contribution in [-0.2, 0) is 0 Å². The van der Waals surface area contributed by atoms with E-state index in [1.807, 2.05) is 0 Å². The zero-order valence-corrected chi connectivity index (χ0v) is 12.1. The fourth-order valence-electron chi connectivity index (χ4n) is 3.79. The van der Waals surface area contributed by atoms with Gasteiger partial charge in [-0.3, -0.25) is 0 Å². The summed E-state index contributed by atoms with van der Waals surface area (Å²) in [5.74, 6) is 0.463. The number of nitrogens with zero attached hydrogens (tertiary/aromatic N) is 1. The molecule has 0 aromatic carbocycles. The number of hydrogen-bond acceptors (Lipinski definition) is 3. The molecule has 0 aromatic rings. The van der Waals surface area contributed by atoms with Crippen molar-refractivity contribution in [2.75, 3.05) is 27.2 Å². The molecule has 0 radical (unpaired) electrons. The smallest absolute Gasteiger partial charge is 0.0702 e. The van der Waals surface area contributed by atoms with E-state index in [1.165, 1.54) is 38.5 Å². The molecule has 2 aliphatic rings. The average Bonchev–Trinajstić information content (AvgIpc) is 2.33. The van der Waals surface area contributed by atoms with E-state index in [1.54, 1.807) is 0 Å². The van der Waals surface area contributed by atoms with Crippen molar-refractivity contribution in [2.45, 2.75) is 63.0 Å². The molecule has 2 N–H and O–H groups in total. The van der Waals surface area contributed by atoms with Gasteiger partial charge in [-0.05, 0) is 52.7 Å². The first-order chi connectivity index (χ1) is 8.60. The Kier molecular flexibility index (Phi) is 5.05. The molecular weight excluding hydrogens is 224 g/mol. The zero-order valence-electron chi connectivity index (χ0n) is 12.1. The Bertz CT molecular complexity index is 251. The third-order valence-electron chi connectivity index (χ3n) is 4.77. The maximum atomic E-state index is 11.1. The van der Waals surface area contributed by atoms with Crippen LogP contribution in [0.25, 0.3) is 0 Å². The molecule has 1 heterocycles. The van der Waals surface area contributed by atoms with Crippen LogP contribution < -0.4 is 5.32 Å². The van der Waals surface area contributed by atoms with Gasteiger partial charge in [0.05, 0.1) is 5.60 Å². The highest BCUT2D eigenvalue weighted by Gasteiger charge is 2.40. The molecule has 3 unspecified atom stereocenters. The van der Waals surface area contributed by atoms with Crippen LogP contribution in [0.2, 0.25) is 0 Å². The van der Waals surface area contributed by atoms with E-state index in [0.29, 0.717) is 12.0 Å². The lowest BCUT2D eigenvalue weighted by Crippen LogP contribution is -2.50. The molecule has 1 saturated carbocycles. The van der Waals surface area contributed by atoms with E-state index >= 15 is 0 Å². The van der Waals surface area contributed by atoms with Crippen molar-refractivity contribution in [3.05, 3.63) is 0 Å². The van der Waals surface area contributed by atoms with Crippen LogP contribution >= 0.6 is 0 Å². The molecule has 106 valence electrons. The molecule has 3 atom stereocenters. The fourth-order valence-corrected chi connectivity index (χ4v) is 3.79. The van der Waals surface area contributed by atoms with Crippen molar-refractivity contribution >= 4 is 0 Å². The first-order valence-corrected chi connectivity index (χ1v) is 7.71. The molecule has 2 fully saturated rings. The standard InChI is InChI=1S/C15H30N2O/c1-17(2)12-13-7-3-5-9-15(13,18)11-14-8-4-6-10-16-14/h13-14,16,18H,3-12H2,1-2H3. The largest absolute Gasteiger partial charge is 0.389 e. The first-order valence-electron chi connectivity index (χ1n) is 7.71. The predicted molar refractivity (Wildman–Crippen MR) is 75.7 cm³/mol. The van der Waals surface area contributed by atoms with Crippen LogP contribution in [0.15, 0.2) is 0 Å². The summed E-state index contributed by atoms with van der Waals surface area (Å²) in [5.41, 5.74) is -0.419. The minimum Gasteiger partial charge on any atom is -0.389 e. The van der Waals surface area contributed by atoms with E-state index < -0.39 is 5.60 Å². The van der Waals surface area contributed by atoms with Gasteiger partial charge in [0.15, 0.2) is 0 Å². The molecule has 1 saturated heterocycles. The van der Waals surface area contributed by atoms with Crippen LogP contribution in [-0.4, -0.2) is 48.8 Å². The highest BCUT2D eigenvalue weighted by molar-refractivity contribution is 4.94. The zero-order chi connectivity index (χ0) is 13.0. The van der Waals surface area contributed by atoms with E-state index in [9.17, 15) is 5.11 Å². The molecule has 2 rings (SSSR count). The quantitative estimate of drug-likeness (QED) is 0.805.